The highest BCUT2D eigenvalue weighted by Gasteiger charge is 2.20. The summed E-state index contributed by atoms with van der Waals surface area (Å²) in [5.41, 5.74) is 0.648. The lowest BCUT2D eigenvalue weighted by Gasteiger charge is -2.22. The van der Waals surface area contributed by atoms with E-state index >= 15 is 0 Å². The predicted molar refractivity (Wildman–Crippen MR) is 107 cm³/mol. The molecule has 0 saturated carbocycles. The van der Waals surface area contributed by atoms with Gasteiger partial charge in [0.1, 0.15) is 5.75 Å². The standard InChI is InChI=1S/C18H25BrN2O3S/c1-11(2)15(19)16(22)21-17-20-13-7-6-12(10-14(13)25-17)24-9-8-18(3,4)23-5/h6-7,10-11,15H,8-9H2,1-5H3,(H,20,21,22)/t15-/m1/s1. The number of alkyl halides is 1. The number of ether oxygens (including phenoxy) is 2. The second-order valence-electron chi connectivity index (χ2n) is 6.85. The van der Waals surface area contributed by atoms with E-state index in [1.807, 2.05) is 45.9 Å². The zero-order chi connectivity index (χ0) is 18.6. The molecule has 25 heavy (non-hydrogen) atoms. The molecule has 0 spiro atoms. The van der Waals surface area contributed by atoms with Gasteiger partial charge in [-0.1, -0.05) is 41.1 Å². The molecule has 0 fully saturated rings. The first kappa shape index (κ1) is 20.1. The Balaban J connectivity index is 2.02. The van der Waals surface area contributed by atoms with E-state index in [1.165, 1.54) is 11.3 Å². The van der Waals surface area contributed by atoms with Crippen LogP contribution in [0.15, 0.2) is 18.2 Å². The maximum Gasteiger partial charge on any atom is 0.240 e. The van der Waals surface area contributed by atoms with Gasteiger partial charge in [-0.25, -0.2) is 4.98 Å². The van der Waals surface area contributed by atoms with Gasteiger partial charge in [0, 0.05) is 13.5 Å². The average molecular weight is 429 g/mol. The number of anilines is 1. The van der Waals surface area contributed by atoms with Crippen LogP contribution in [0.1, 0.15) is 34.1 Å². The van der Waals surface area contributed by atoms with Crippen LogP contribution < -0.4 is 10.1 Å². The molecule has 1 heterocycles. The third-order valence-corrected chi connectivity index (χ3v) is 6.36. The van der Waals surface area contributed by atoms with E-state index in [-0.39, 0.29) is 22.3 Å². The molecule has 0 aliphatic heterocycles. The molecule has 0 aliphatic carbocycles. The molecule has 0 unspecified atom stereocenters. The predicted octanol–water partition coefficient (Wildman–Crippen LogP) is 4.85. The number of rotatable bonds is 8. The van der Waals surface area contributed by atoms with Gasteiger partial charge in [-0.3, -0.25) is 4.79 Å². The van der Waals surface area contributed by atoms with E-state index in [2.05, 4.69) is 26.2 Å². The summed E-state index contributed by atoms with van der Waals surface area (Å²) in [7, 11) is 1.70. The molecule has 1 aromatic carbocycles. The lowest BCUT2D eigenvalue weighted by Crippen LogP contribution is -2.26. The minimum atomic E-state index is -0.234. The number of carbonyl (C=O) groups is 1. The minimum absolute atomic E-state index is 0.0765. The van der Waals surface area contributed by atoms with Gasteiger partial charge in [-0.2, -0.15) is 0 Å². The van der Waals surface area contributed by atoms with E-state index < -0.39 is 0 Å². The second-order valence-corrected chi connectivity index (χ2v) is 8.86. The maximum atomic E-state index is 12.1. The molecule has 1 amide bonds. The van der Waals surface area contributed by atoms with Crippen LogP contribution in [-0.4, -0.2) is 35.0 Å². The monoisotopic (exact) mass is 428 g/mol. The molecule has 2 rings (SSSR count). The second kappa shape index (κ2) is 8.47. The van der Waals surface area contributed by atoms with Crippen molar-refractivity contribution in [2.24, 2.45) is 5.92 Å². The highest BCUT2D eigenvalue weighted by atomic mass is 79.9. The lowest BCUT2D eigenvalue weighted by molar-refractivity contribution is -0.116. The van der Waals surface area contributed by atoms with E-state index in [1.54, 1.807) is 7.11 Å². The van der Waals surface area contributed by atoms with Gasteiger partial charge in [0.25, 0.3) is 0 Å². The number of fused-ring (bicyclic) bond motifs is 1. The van der Waals surface area contributed by atoms with Crippen molar-refractivity contribution >= 4 is 48.5 Å². The number of thiazole rings is 1. The molecule has 1 aromatic heterocycles. The Labute approximate surface area is 161 Å². The van der Waals surface area contributed by atoms with Crippen LogP contribution in [0.4, 0.5) is 5.13 Å². The quantitative estimate of drug-likeness (QED) is 0.610. The van der Waals surface area contributed by atoms with Crippen LogP contribution in [0.25, 0.3) is 10.2 Å². The van der Waals surface area contributed by atoms with Crippen LogP contribution in [0.3, 0.4) is 0 Å². The van der Waals surface area contributed by atoms with E-state index in [0.717, 1.165) is 22.4 Å². The first-order valence-electron chi connectivity index (χ1n) is 8.25. The van der Waals surface area contributed by atoms with E-state index in [0.29, 0.717) is 11.7 Å². The number of hydrogen-bond acceptors (Lipinski definition) is 5. The summed E-state index contributed by atoms with van der Waals surface area (Å²) < 4.78 is 12.2. The summed E-state index contributed by atoms with van der Waals surface area (Å²) >= 11 is 4.85. The van der Waals surface area contributed by atoms with Crippen LogP contribution in [0, 0.1) is 5.92 Å². The van der Waals surface area contributed by atoms with Gasteiger partial charge in [0.15, 0.2) is 5.13 Å². The number of nitrogens with one attached hydrogen (secondary N) is 1. The van der Waals surface area contributed by atoms with Gasteiger partial charge >= 0.3 is 0 Å². The third-order valence-electron chi connectivity index (χ3n) is 3.95. The summed E-state index contributed by atoms with van der Waals surface area (Å²) in [4.78, 5) is 16.4. The van der Waals surface area contributed by atoms with Crippen molar-refractivity contribution in [2.75, 3.05) is 19.0 Å². The van der Waals surface area contributed by atoms with Crippen molar-refractivity contribution in [3.8, 4) is 5.75 Å². The summed E-state index contributed by atoms with van der Waals surface area (Å²) in [5.74, 6) is 0.930. The van der Waals surface area contributed by atoms with Crippen molar-refractivity contribution in [3.05, 3.63) is 18.2 Å². The minimum Gasteiger partial charge on any atom is -0.493 e. The van der Waals surface area contributed by atoms with Crippen LogP contribution >= 0.6 is 27.3 Å². The van der Waals surface area contributed by atoms with Crippen LogP contribution in [0.5, 0.6) is 5.75 Å². The number of nitrogens with zero attached hydrogens (tertiary/aromatic N) is 1. The van der Waals surface area contributed by atoms with Crippen molar-refractivity contribution in [2.45, 2.75) is 44.5 Å². The summed E-state index contributed by atoms with van der Waals surface area (Å²) in [6, 6.07) is 5.76. The number of hydrogen-bond donors (Lipinski definition) is 1. The fourth-order valence-electron chi connectivity index (χ4n) is 2.04. The molecule has 0 radical (unpaired) electrons. The lowest BCUT2D eigenvalue weighted by atomic mass is 10.1. The first-order chi connectivity index (χ1) is 11.7. The van der Waals surface area contributed by atoms with Crippen molar-refractivity contribution in [1.82, 2.24) is 4.98 Å². The topological polar surface area (TPSA) is 60.5 Å². The molecule has 1 atom stereocenters. The average Bonchev–Trinajstić information content (AvgIpc) is 2.95. The van der Waals surface area contributed by atoms with E-state index in [4.69, 9.17) is 9.47 Å². The fourth-order valence-corrected chi connectivity index (χ4v) is 3.05. The zero-order valence-electron chi connectivity index (χ0n) is 15.3. The van der Waals surface area contributed by atoms with Gasteiger partial charge in [0.2, 0.25) is 5.91 Å². The van der Waals surface area contributed by atoms with Gasteiger partial charge in [-0.15, -0.1) is 0 Å². The van der Waals surface area contributed by atoms with Crippen LogP contribution in [0.2, 0.25) is 0 Å². The van der Waals surface area contributed by atoms with E-state index in [9.17, 15) is 4.79 Å². The van der Waals surface area contributed by atoms with Crippen LogP contribution in [-0.2, 0) is 9.53 Å². The first-order valence-corrected chi connectivity index (χ1v) is 9.98. The maximum absolute atomic E-state index is 12.1. The Morgan fingerprint density at radius 3 is 2.76 bits per heavy atom. The number of methoxy groups -OCH3 is 1. The Morgan fingerprint density at radius 2 is 2.12 bits per heavy atom. The number of carbonyl (C=O) groups excluding carboxylic acids is 1. The zero-order valence-corrected chi connectivity index (χ0v) is 17.7. The summed E-state index contributed by atoms with van der Waals surface area (Å²) in [6.45, 7) is 8.63. The smallest absolute Gasteiger partial charge is 0.240 e. The Kier molecular flexibility index (Phi) is 6.82. The highest BCUT2D eigenvalue weighted by molar-refractivity contribution is 9.10. The summed E-state index contributed by atoms with van der Waals surface area (Å²) in [5, 5.41) is 3.47. The highest BCUT2D eigenvalue weighted by Crippen LogP contribution is 2.30. The Morgan fingerprint density at radius 1 is 1.40 bits per heavy atom. The fraction of sp³-hybridized carbons (Fsp3) is 0.556. The molecule has 5 nitrogen and oxygen atoms in total. The molecule has 138 valence electrons. The SMILES string of the molecule is COC(C)(C)CCOc1ccc2nc(NC(=O)[C@H](Br)C(C)C)sc2c1. The van der Waals surface area contributed by atoms with Crippen molar-refractivity contribution in [3.63, 3.8) is 0 Å². The molecular formula is C18H25BrN2O3S. The number of benzene rings is 1. The molecule has 2 aromatic rings. The molecular weight excluding hydrogens is 404 g/mol. The van der Waals surface area contributed by atoms with Gasteiger partial charge in [0.05, 0.1) is 27.3 Å². The molecule has 0 saturated heterocycles. The Hall–Kier alpha value is -1.18. The molecule has 7 heteroatoms. The molecule has 1 N–H and O–H groups in total. The summed E-state index contributed by atoms with van der Waals surface area (Å²) in [6.07, 6.45) is 0.799. The number of halogens is 1. The molecule has 0 bridgehead atoms. The third kappa shape index (κ3) is 5.66. The van der Waals surface area contributed by atoms with Gasteiger partial charge in [-0.05, 0) is 38.0 Å². The van der Waals surface area contributed by atoms with Crippen molar-refractivity contribution < 1.29 is 14.3 Å². The molecule has 0 aliphatic rings. The number of aromatic nitrogens is 1. The van der Waals surface area contributed by atoms with Crippen molar-refractivity contribution in [1.29, 1.82) is 0 Å². The number of amides is 1. The van der Waals surface area contributed by atoms with Gasteiger partial charge < -0.3 is 14.8 Å². The normalized spacial score (nSPS) is 13.2. The largest absolute Gasteiger partial charge is 0.493 e. The Bertz CT molecular complexity index is 730.